The van der Waals surface area contributed by atoms with Crippen LogP contribution in [0.5, 0.6) is 0 Å². The zero-order chi connectivity index (χ0) is 15.2. The first-order valence-electron chi connectivity index (χ1n) is 6.57. The number of amides is 1. The number of nitriles is 1. The molecule has 0 heterocycles. The fraction of sp³-hybridized carbons (Fsp3) is 0.467. The third kappa shape index (κ3) is 5.20. The minimum atomic E-state index is -0.0594. The molecule has 0 atom stereocenters. The van der Waals surface area contributed by atoms with E-state index in [4.69, 9.17) is 22.6 Å². The predicted octanol–water partition coefficient (Wildman–Crippen LogP) is 3.31. The highest BCUT2D eigenvalue weighted by Crippen LogP contribution is 2.26. The normalized spacial score (nSPS) is 10.9. The maximum absolute atomic E-state index is 11.9. The van der Waals surface area contributed by atoms with Crippen molar-refractivity contribution < 1.29 is 4.79 Å². The van der Waals surface area contributed by atoms with Crippen molar-refractivity contribution in [3.05, 3.63) is 28.8 Å². The Bertz CT molecular complexity index is 520. The fourth-order valence-electron chi connectivity index (χ4n) is 1.87. The van der Waals surface area contributed by atoms with Gasteiger partial charge in [-0.15, -0.1) is 0 Å². The molecule has 0 fully saturated rings. The second-order valence-corrected chi connectivity index (χ2v) is 5.96. The van der Waals surface area contributed by atoms with Crippen LogP contribution in [0.15, 0.2) is 18.2 Å². The van der Waals surface area contributed by atoms with Crippen LogP contribution in [0.1, 0.15) is 38.7 Å². The molecule has 1 aromatic rings. The molecule has 4 nitrogen and oxygen atoms in total. The molecule has 0 aliphatic carbocycles. The van der Waals surface area contributed by atoms with Gasteiger partial charge in [0, 0.05) is 12.1 Å². The highest BCUT2D eigenvalue weighted by molar-refractivity contribution is 6.32. The molecule has 0 aliphatic rings. The Morgan fingerprint density at radius 3 is 2.70 bits per heavy atom. The summed E-state index contributed by atoms with van der Waals surface area (Å²) in [4.78, 5) is 11.9. The van der Waals surface area contributed by atoms with E-state index >= 15 is 0 Å². The molecule has 0 aromatic heterocycles. The second-order valence-electron chi connectivity index (χ2n) is 5.56. The van der Waals surface area contributed by atoms with Crippen LogP contribution in [0, 0.1) is 16.7 Å². The smallest absolute Gasteiger partial charge is 0.224 e. The van der Waals surface area contributed by atoms with E-state index in [0.717, 1.165) is 12.8 Å². The zero-order valence-electron chi connectivity index (χ0n) is 11.9. The Balaban J connectivity index is 2.55. The largest absolute Gasteiger partial charge is 0.330 e. The summed E-state index contributed by atoms with van der Waals surface area (Å²) in [6, 6.07) is 6.83. The van der Waals surface area contributed by atoms with Gasteiger partial charge >= 0.3 is 0 Å². The quantitative estimate of drug-likeness (QED) is 0.844. The van der Waals surface area contributed by atoms with Crippen LogP contribution in [0.4, 0.5) is 5.69 Å². The van der Waals surface area contributed by atoms with E-state index in [2.05, 4.69) is 19.2 Å². The Hall–Kier alpha value is -1.57. The first-order valence-corrected chi connectivity index (χ1v) is 6.95. The van der Waals surface area contributed by atoms with Gasteiger partial charge in [-0.1, -0.05) is 25.4 Å². The van der Waals surface area contributed by atoms with E-state index in [9.17, 15) is 4.79 Å². The minimum absolute atomic E-state index is 0.0594. The van der Waals surface area contributed by atoms with Crippen LogP contribution in [0.25, 0.3) is 0 Å². The lowest BCUT2D eigenvalue weighted by Crippen LogP contribution is -2.20. The summed E-state index contributed by atoms with van der Waals surface area (Å²) in [6.45, 7) is 4.83. The van der Waals surface area contributed by atoms with Crippen molar-refractivity contribution in [2.24, 2.45) is 11.1 Å². The molecule has 1 amide bonds. The lowest BCUT2D eigenvalue weighted by atomic mass is 9.84. The summed E-state index contributed by atoms with van der Waals surface area (Å²) in [5.74, 6) is -0.0594. The van der Waals surface area contributed by atoms with Crippen LogP contribution in [0.2, 0.25) is 5.02 Å². The Labute approximate surface area is 124 Å². The van der Waals surface area contributed by atoms with E-state index < -0.39 is 0 Å². The minimum Gasteiger partial charge on any atom is -0.330 e. The molecule has 108 valence electrons. The first kappa shape index (κ1) is 16.5. The molecule has 3 N–H and O–H groups in total. The average molecular weight is 294 g/mol. The second kappa shape index (κ2) is 7.28. The van der Waals surface area contributed by atoms with E-state index in [-0.39, 0.29) is 11.3 Å². The highest BCUT2D eigenvalue weighted by atomic mass is 35.5. The maximum Gasteiger partial charge on any atom is 0.224 e. The van der Waals surface area contributed by atoms with Crippen molar-refractivity contribution in [3.8, 4) is 6.07 Å². The number of anilines is 1. The molecule has 1 rings (SSSR count). The molecule has 0 spiro atoms. The highest BCUT2D eigenvalue weighted by Gasteiger charge is 2.18. The summed E-state index contributed by atoms with van der Waals surface area (Å²) in [5.41, 5.74) is 6.61. The van der Waals surface area contributed by atoms with Gasteiger partial charge in [0.25, 0.3) is 0 Å². The standard InChI is InChI=1S/C15H20ClN3O/c1-15(2,7-8-17)6-5-14(20)19-12-4-3-11(10-18)13(16)9-12/h3-4,9H,5-8,17H2,1-2H3,(H,19,20). The van der Waals surface area contributed by atoms with Gasteiger partial charge in [0.1, 0.15) is 6.07 Å². The van der Waals surface area contributed by atoms with Gasteiger partial charge in [0.15, 0.2) is 0 Å². The summed E-state index contributed by atoms with van der Waals surface area (Å²) in [7, 11) is 0. The molecule has 0 bridgehead atoms. The SMILES string of the molecule is CC(C)(CCN)CCC(=O)Nc1ccc(C#N)c(Cl)c1. The molecular formula is C15H20ClN3O. The summed E-state index contributed by atoms with van der Waals surface area (Å²) >= 11 is 5.92. The van der Waals surface area contributed by atoms with E-state index in [1.807, 2.05) is 6.07 Å². The third-order valence-corrected chi connectivity index (χ3v) is 3.54. The van der Waals surface area contributed by atoms with Crippen molar-refractivity contribution in [3.63, 3.8) is 0 Å². The molecule has 20 heavy (non-hydrogen) atoms. The number of halogens is 1. The topological polar surface area (TPSA) is 78.9 Å². The van der Waals surface area contributed by atoms with Crippen molar-refractivity contribution in [1.29, 1.82) is 5.26 Å². The van der Waals surface area contributed by atoms with Crippen molar-refractivity contribution in [1.82, 2.24) is 0 Å². The van der Waals surface area contributed by atoms with Crippen molar-refractivity contribution >= 4 is 23.2 Å². The first-order chi connectivity index (χ1) is 9.38. The average Bonchev–Trinajstić information content (AvgIpc) is 2.37. The number of nitrogens with two attached hydrogens (primary N) is 1. The summed E-state index contributed by atoms with van der Waals surface area (Å²) in [6.07, 6.45) is 2.10. The van der Waals surface area contributed by atoms with Crippen molar-refractivity contribution in [2.75, 3.05) is 11.9 Å². The Morgan fingerprint density at radius 2 is 2.15 bits per heavy atom. The van der Waals surface area contributed by atoms with Gasteiger partial charge < -0.3 is 11.1 Å². The fourth-order valence-corrected chi connectivity index (χ4v) is 2.10. The van der Waals surface area contributed by atoms with Gasteiger partial charge in [0.05, 0.1) is 10.6 Å². The number of carbonyl (C=O) groups is 1. The van der Waals surface area contributed by atoms with Crippen molar-refractivity contribution in [2.45, 2.75) is 33.1 Å². The lowest BCUT2D eigenvalue weighted by Gasteiger charge is -2.23. The molecule has 0 radical (unpaired) electrons. The summed E-state index contributed by atoms with van der Waals surface area (Å²) < 4.78 is 0. The number of hydrogen-bond acceptors (Lipinski definition) is 3. The molecule has 0 aliphatic heterocycles. The van der Waals surface area contributed by atoms with E-state index in [1.54, 1.807) is 18.2 Å². The van der Waals surface area contributed by atoms with Crippen LogP contribution < -0.4 is 11.1 Å². The number of nitrogens with one attached hydrogen (secondary N) is 1. The monoisotopic (exact) mass is 293 g/mol. The number of benzene rings is 1. The summed E-state index contributed by atoms with van der Waals surface area (Å²) in [5, 5.41) is 11.9. The van der Waals surface area contributed by atoms with Gasteiger partial charge in [-0.05, 0) is 43.0 Å². The third-order valence-electron chi connectivity index (χ3n) is 3.22. The molecular weight excluding hydrogens is 274 g/mol. The van der Waals surface area contributed by atoms with E-state index in [1.165, 1.54) is 0 Å². The number of rotatable bonds is 6. The van der Waals surface area contributed by atoms with Gasteiger partial charge in [-0.25, -0.2) is 0 Å². The molecule has 0 saturated heterocycles. The van der Waals surface area contributed by atoms with Gasteiger partial charge in [-0.2, -0.15) is 5.26 Å². The van der Waals surface area contributed by atoms with E-state index in [0.29, 0.717) is 29.2 Å². The Kier molecular flexibility index (Phi) is 6.00. The van der Waals surface area contributed by atoms with Gasteiger partial charge in [-0.3, -0.25) is 4.79 Å². The molecule has 0 saturated carbocycles. The van der Waals surface area contributed by atoms with Crippen LogP contribution in [-0.4, -0.2) is 12.5 Å². The molecule has 5 heteroatoms. The van der Waals surface area contributed by atoms with Crippen LogP contribution in [-0.2, 0) is 4.79 Å². The van der Waals surface area contributed by atoms with Gasteiger partial charge in [0.2, 0.25) is 5.91 Å². The molecule has 0 unspecified atom stereocenters. The van der Waals surface area contributed by atoms with Crippen LogP contribution in [0.3, 0.4) is 0 Å². The number of carbonyl (C=O) groups excluding carboxylic acids is 1. The maximum atomic E-state index is 11.9. The lowest BCUT2D eigenvalue weighted by molar-refractivity contribution is -0.116. The van der Waals surface area contributed by atoms with Crippen LogP contribution >= 0.6 is 11.6 Å². The zero-order valence-corrected chi connectivity index (χ0v) is 12.6. The number of hydrogen-bond donors (Lipinski definition) is 2. The predicted molar refractivity (Wildman–Crippen MR) is 81.5 cm³/mol. The molecule has 1 aromatic carbocycles. The number of nitrogens with zero attached hydrogens (tertiary/aromatic N) is 1. The Morgan fingerprint density at radius 1 is 1.45 bits per heavy atom.